The number of para-hydroxylation sites is 1. The summed E-state index contributed by atoms with van der Waals surface area (Å²) < 4.78 is 16.0. The molecule has 1 fully saturated rings. The van der Waals surface area contributed by atoms with Gasteiger partial charge in [0, 0.05) is 29.0 Å². The molecule has 0 aliphatic heterocycles. The molecule has 4 rings (SSSR count). The third-order valence-corrected chi connectivity index (χ3v) is 5.09. The standard InChI is InChI=1S/C22H23N3O5/c26-14-28-22(29-16-6-2-1-3-7-16)30-21(27)20-19(24-15-10-12-23-13-11-15)17-8-4-5-9-18(17)25-20/h4-5,8-14,16,22,25H,1-3,6-7H2,(H,23,24). The number of ether oxygens (including phenoxy) is 3. The zero-order valence-corrected chi connectivity index (χ0v) is 16.4. The number of carbonyl (C=O) groups is 2. The molecule has 0 bridgehead atoms. The summed E-state index contributed by atoms with van der Waals surface area (Å²) in [4.78, 5) is 31.0. The number of rotatable bonds is 8. The lowest BCUT2D eigenvalue weighted by Gasteiger charge is -2.25. The van der Waals surface area contributed by atoms with Crippen LogP contribution in [-0.2, 0) is 19.0 Å². The molecular formula is C22H23N3O5. The fraction of sp³-hybridized carbons (Fsp3) is 0.318. The molecule has 8 heteroatoms. The number of H-pyrrole nitrogens is 1. The lowest BCUT2D eigenvalue weighted by molar-refractivity contribution is -0.264. The van der Waals surface area contributed by atoms with E-state index in [1.807, 2.05) is 24.3 Å². The molecule has 1 aromatic carbocycles. The molecule has 3 aromatic rings. The SMILES string of the molecule is O=COC(OC(=O)c1[nH]c2ccccc2c1Nc1ccncc1)OC1CCCCC1. The minimum absolute atomic E-state index is 0.103. The van der Waals surface area contributed by atoms with Gasteiger partial charge in [0.1, 0.15) is 5.69 Å². The third-order valence-electron chi connectivity index (χ3n) is 5.09. The molecule has 2 heterocycles. The maximum atomic E-state index is 13.0. The number of anilines is 2. The van der Waals surface area contributed by atoms with E-state index in [2.05, 4.69) is 15.3 Å². The Morgan fingerprint density at radius 1 is 1.13 bits per heavy atom. The van der Waals surface area contributed by atoms with Crippen molar-refractivity contribution in [2.45, 2.75) is 44.7 Å². The van der Waals surface area contributed by atoms with Crippen LogP contribution in [0.2, 0.25) is 0 Å². The van der Waals surface area contributed by atoms with Gasteiger partial charge >= 0.3 is 12.4 Å². The first-order chi connectivity index (χ1) is 14.7. The molecule has 156 valence electrons. The molecule has 30 heavy (non-hydrogen) atoms. The van der Waals surface area contributed by atoms with Crippen molar-refractivity contribution in [2.24, 2.45) is 0 Å². The molecule has 1 aliphatic rings. The van der Waals surface area contributed by atoms with Crippen LogP contribution >= 0.6 is 0 Å². The summed E-state index contributed by atoms with van der Waals surface area (Å²) in [7, 11) is 0. The van der Waals surface area contributed by atoms with Crippen molar-refractivity contribution in [3.8, 4) is 0 Å². The summed E-state index contributed by atoms with van der Waals surface area (Å²) in [6.07, 6.45) is 8.12. The van der Waals surface area contributed by atoms with Crippen LogP contribution in [0.15, 0.2) is 48.8 Å². The maximum Gasteiger partial charge on any atom is 0.365 e. The van der Waals surface area contributed by atoms with E-state index in [0.717, 1.165) is 48.7 Å². The van der Waals surface area contributed by atoms with Crippen molar-refractivity contribution >= 4 is 34.7 Å². The van der Waals surface area contributed by atoms with E-state index in [0.29, 0.717) is 5.69 Å². The molecule has 0 radical (unpaired) electrons. The average molecular weight is 409 g/mol. The molecule has 8 nitrogen and oxygen atoms in total. The van der Waals surface area contributed by atoms with Gasteiger partial charge in [-0.1, -0.05) is 37.5 Å². The molecule has 2 N–H and O–H groups in total. The van der Waals surface area contributed by atoms with Crippen LogP contribution in [-0.4, -0.2) is 35.0 Å². The molecule has 1 unspecified atom stereocenters. The Bertz CT molecular complexity index is 998. The number of aromatic amines is 1. The van der Waals surface area contributed by atoms with Crippen molar-refractivity contribution in [3.63, 3.8) is 0 Å². The second-order valence-electron chi connectivity index (χ2n) is 7.10. The summed E-state index contributed by atoms with van der Waals surface area (Å²) in [6, 6.07) is 11.1. The lowest BCUT2D eigenvalue weighted by Crippen LogP contribution is -2.30. The van der Waals surface area contributed by atoms with Gasteiger partial charge in [-0.15, -0.1) is 0 Å². The van der Waals surface area contributed by atoms with Crippen LogP contribution in [0.25, 0.3) is 10.9 Å². The first-order valence-electron chi connectivity index (χ1n) is 9.98. The monoisotopic (exact) mass is 409 g/mol. The fourth-order valence-electron chi connectivity index (χ4n) is 3.64. The van der Waals surface area contributed by atoms with Gasteiger partial charge in [0.15, 0.2) is 0 Å². The van der Waals surface area contributed by atoms with E-state index in [-0.39, 0.29) is 18.3 Å². The van der Waals surface area contributed by atoms with Crippen molar-refractivity contribution < 1.29 is 23.8 Å². The van der Waals surface area contributed by atoms with Crippen molar-refractivity contribution in [3.05, 3.63) is 54.5 Å². The summed E-state index contributed by atoms with van der Waals surface area (Å²) in [5.74, 6) is -0.689. The number of carbonyl (C=O) groups excluding carboxylic acids is 2. The smallest absolute Gasteiger partial charge is 0.365 e. The average Bonchev–Trinajstić information content (AvgIpc) is 3.14. The number of aromatic nitrogens is 2. The van der Waals surface area contributed by atoms with Gasteiger partial charge in [-0.25, -0.2) is 4.79 Å². The Morgan fingerprint density at radius 2 is 1.90 bits per heavy atom. The summed E-state index contributed by atoms with van der Waals surface area (Å²) >= 11 is 0. The zero-order valence-electron chi connectivity index (χ0n) is 16.4. The molecule has 0 amide bonds. The Kier molecular flexibility index (Phi) is 6.24. The highest BCUT2D eigenvalue weighted by atomic mass is 16.9. The van der Waals surface area contributed by atoms with E-state index < -0.39 is 12.4 Å². The van der Waals surface area contributed by atoms with E-state index in [4.69, 9.17) is 14.2 Å². The summed E-state index contributed by atoms with van der Waals surface area (Å²) in [5.41, 5.74) is 2.30. The maximum absolute atomic E-state index is 13.0. The van der Waals surface area contributed by atoms with Gasteiger partial charge in [0.05, 0.1) is 11.8 Å². The molecule has 1 atom stereocenters. The van der Waals surface area contributed by atoms with E-state index in [1.54, 1.807) is 24.5 Å². The third kappa shape index (κ3) is 4.60. The Morgan fingerprint density at radius 3 is 2.67 bits per heavy atom. The highest BCUT2D eigenvalue weighted by Gasteiger charge is 2.27. The van der Waals surface area contributed by atoms with Crippen LogP contribution in [0.1, 0.15) is 42.6 Å². The van der Waals surface area contributed by atoms with Crippen molar-refractivity contribution in [1.29, 1.82) is 0 Å². The Balaban J connectivity index is 1.58. The number of nitrogens with one attached hydrogen (secondary N) is 2. The van der Waals surface area contributed by atoms with Crippen LogP contribution in [0, 0.1) is 0 Å². The summed E-state index contributed by atoms with van der Waals surface area (Å²) in [6.45, 7) is -1.17. The van der Waals surface area contributed by atoms with Crippen molar-refractivity contribution in [2.75, 3.05) is 5.32 Å². The first-order valence-corrected chi connectivity index (χ1v) is 9.98. The van der Waals surface area contributed by atoms with Gasteiger partial charge in [-0.2, -0.15) is 0 Å². The molecule has 1 aliphatic carbocycles. The topological polar surface area (TPSA) is 103 Å². The molecule has 0 saturated heterocycles. The number of esters is 1. The van der Waals surface area contributed by atoms with Gasteiger partial charge in [-0.3, -0.25) is 9.78 Å². The fourth-order valence-corrected chi connectivity index (χ4v) is 3.64. The van der Waals surface area contributed by atoms with Crippen LogP contribution < -0.4 is 5.32 Å². The van der Waals surface area contributed by atoms with E-state index in [1.165, 1.54) is 0 Å². The largest absolute Gasteiger partial charge is 0.403 e. The normalized spacial score (nSPS) is 15.5. The first kappa shape index (κ1) is 19.9. The lowest BCUT2D eigenvalue weighted by atomic mass is 9.98. The Hall–Kier alpha value is -3.39. The minimum Gasteiger partial charge on any atom is -0.403 e. The molecule has 2 aromatic heterocycles. The Labute approximate surface area is 173 Å². The molecular weight excluding hydrogens is 386 g/mol. The van der Waals surface area contributed by atoms with Crippen LogP contribution in [0.3, 0.4) is 0 Å². The predicted octanol–water partition coefficient (Wildman–Crippen LogP) is 4.27. The van der Waals surface area contributed by atoms with Gasteiger partial charge in [0.2, 0.25) is 0 Å². The number of pyridine rings is 1. The quantitative estimate of drug-likeness (QED) is 0.325. The van der Waals surface area contributed by atoms with Gasteiger partial charge < -0.3 is 24.5 Å². The van der Waals surface area contributed by atoms with E-state index in [9.17, 15) is 9.59 Å². The predicted molar refractivity (Wildman–Crippen MR) is 110 cm³/mol. The van der Waals surface area contributed by atoms with Crippen molar-refractivity contribution in [1.82, 2.24) is 9.97 Å². The van der Waals surface area contributed by atoms with Gasteiger partial charge in [-0.05, 0) is 31.0 Å². The second kappa shape index (κ2) is 9.41. The molecule has 0 spiro atoms. The number of fused-ring (bicyclic) bond motifs is 1. The number of hydrogen-bond acceptors (Lipinski definition) is 7. The second-order valence-corrected chi connectivity index (χ2v) is 7.10. The number of nitrogens with zero attached hydrogens (tertiary/aromatic N) is 1. The van der Waals surface area contributed by atoms with Gasteiger partial charge in [0.25, 0.3) is 6.47 Å². The highest BCUT2D eigenvalue weighted by molar-refractivity contribution is 6.07. The highest BCUT2D eigenvalue weighted by Crippen LogP contribution is 2.31. The number of hydrogen-bond donors (Lipinski definition) is 2. The number of benzene rings is 1. The zero-order chi connectivity index (χ0) is 20.8. The van der Waals surface area contributed by atoms with Crippen LogP contribution in [0.4, 0.5) is 11.4 Å². The van der Waals surface area contributed by atoms with Crippen LogP contribution in [0.5, 0.6) is 0 Å². The minimum atomic E-state index is -1.39. The summed E-state index contributed by atoms with van der Waals surface area (Å²) in [5, 5.41) is 4.06. The molecule has 1 saturated carbocycles. The van der Waals surface area contributed by atoms with E-state index >= 15 is 0 Å².